The van der Waals surface area contributed by atoms with Crippen LogP contribution < -0.4 is 5.32 Å². The molecule has 1 aliphatic rings. The highest BCUT2D eigenvalue weighted by molar-refractivity contribution is 9.10. The predicted molar refractivity (Wildman–Crippen MR) is 120 cm³/mol. The summed E-state index contributed by atoms with van der Waals surface area (Å²) in [5.74, 6) is -0.194. The first kappa shape index (κ1) is 19.9. The molecule has 27 heavy (non-hydrogen) atoms. The quantitative estimate of drug-likeness (QED) is 0.530. The van der Waals surface area contributed by atoms with E-state index in [1.807, 2.05) is 48.3 Å². The van der Waals surface area contributed by atoms with Crippen molar-refractivity contribution in [3.05, 3.63) is 86.2 Å². The number of nitrogens with one attached hydrogen (secondary N) is 1. The van der Waals surface area contributed by atoms with Gasteiger partial charge in [0, 0.05) is 25.0 Å². The van der Waals surface area contributed by atoms with E-state index in [4.69, 9.17) is 0 Å². The maximum Gasteiger partial charge on any atom is 0.257 e. The summed E-state index contributed by atoms with van der Waals surface area (Å²) in [5, 5.41) is 9.92. The highest BCUT2D eigenvalue weighted by Crippen LogP contribution is 2.35. The van der Waals surface area contributed by atoms with Crippen molar-refractivity contribution < 1.29 is 4.79 Å². The molecule has 7 heteroatoms. The molecule has 0 spiro atoms. The van der Waals surface area contributed by atoms with E-state index in [-0.39, 0.29) is 5.91 Å². The Kier molecular flexibility index (Phi) is 6.57. The van der Waals surface area contributed by atoms with Gasteiger partial charge >= 0.3 is 0 Å². The molecule has 138 valence electrons. The largest absolute Gasteiger partial charge is 0.299 e. The highest BCUT2D eigenvalue weighted by atomic mass is 79.9. The van der Waals surface area contributed by atoms with Gasteiger partial charge in [-0.05, 0) is 37.3 Å². The lowest BCUT2D eigenvalue weighted by molar-refractivity contribution is 0.0977. The van der Waals surface area contributed by atoms with E-state index in [2.05, 4.69) is 48.9 Å². The number of halogens is 2. The van der Waals surface area contributed by atoms with Gasteiger partial charge in [0.2, 0.25) is 0 Å². The number of nitrogens with zero attached hydrogens (tertiary/aromatic N) is 2. The minimum atomic E-state index is -0.194. The first-order valence-corrected chi connectivity index (χ1v) is 10.6. The van der Waals surface area contributed by atoms with Crippen molar-refractivity contribution in [3.63, 3.8) is 0 Å². The van der Waals surface area contributed by atoms with E-state index >= 15 is 0 Å². The highest BCUT2D eigenvalue weighted by Gasteiger charge is 2.23. The Morgan fingerprint density at radius 3 is 2.63 bits per heavy atom. The Balaban J connectivity index is 1.85. The van der Waals surface area contributed by atoms with E-state index in [0.29, 0.717) is 17.3 Å². The third-order valence-corrected chi connectivity index (χ3v) is 5.68. The number of benzene rings is 2. The molecule has 2 aromatic rings. The van der Waals surface area contributed by atoms with Gasteiger partial charge in [-0.25, -0.2) is 0 Å². The van der Waals surface area contributed by atoms with Crippen molar-refractivity contribution in [3.8, 4) is 0 Å². The van der Waals surface area contributed by atoms with E-state index in [1.54, 1.807) is 18.2 Å². The molecule has 1 N–H and O–H groups in total. The lowest BCUT2D eigenvalue weighted by Gasteiger charge is -2.28. The van der Waals surface area contributed by atoms with Crippen molar-refractivity contribution >= 4 is 60.4 Å². The number of amidine groups is 1. The molecule has 0 radical (unpaired) electrons. The summed E-state index contributed by atoms with van der Waals surface area (Å²) < 4.78 is 1.88. The fraction of sp³-hybridized carbons (Fsp3) is 0.100. The lowest BCUT2D eigenvalue weighted by atomic mass is 10.1. The van der Waals surface area contributed by atoms with Gasteiger partial charge in [-0.15, -0.1) is 11.7 Å². The maximum absolute atomic E-state index is 12.5. The number of allylic oxidation sites excluding steroid dienone is 1. The molecule has 0 aromatic heterocycles. The third-order valence-electron chi connectivity index (χ3n) is 3.78. The monoisotopic (exact) mass is 505 g/mol. The molecule has 2 aromatic carbocycles. The first-order chi connectivity index (χ1) is 13.0. The van der Waals surface area contributed by atoms with Crippen LogP contribution in [0.2, 0.25) is 0 Å². The zero-order chi connectivity index (χ0) is 19.4. The normalized spacial score (nSPS) is 14.0. The second-order valence-corrected chi connectivity index (χ2v) is 8.79. The molecular formula is C20H17Br2N3OS. The predicted octanol–water partition coefficient (Wildman–Crippen LogP) is 5.84. The van der Waals surface area contributed by atoms with Gasteiger partial charge in [0.25, 0.3) is 5.91 Å². The molecule has 0 bridgehead atoms. The summed E-state index contributed by atoms with van der Waals surface area (Å²) in [6, 6.07) is 15.3. The second-order valence-electron chi connectivity index (χ2n) is 5.75. The molecule has 0 fully saturated rings. The minimum Gasteiger partial charge on any atom is -0.299 e. The average molecular weight is 507 g/mol. The number of hydrogen-bond acceptors (Lipinski definition) is 4. The van der Waals surface area contributed by atoms with Crippen LogP contribution in [0.15, 0.2) is 80.1 Å². The van der Waals surface area contributed by atoms with Gasteiger partial charge in [-0.2, -0.15) is 0 Å². The van der Waals surface area contributed by atoms with E-state index in [1.165, 1.54) is 11.8 Å². The van der Waals surface area contributed by atoms with Crippen molar-refractivity contribution in [2.24, 2.45) is 5.10 Å². The molecule has 3 rings (SSSR count). The van der Waals surface area contributed by atoms with Crippen LogP contribution >= 0.6 is 43.6 Å². The molecule has 0 atom stereocenters. The van der Waals surface area contributed by atoms with E-state index in [0.717, 1.165) is 25.1 Å². The topological polar surface area (TPSA) is 44.7 Å². The van der Waals surface area contributed by atoms with Crippen molar-refractivity contribution in [1.29, 1.82) is 0 Å². The molecule has 4 nitrogen and oxygen atoms in total. The summed E-state index contributed by atoms with van der Waals surface area (Å²) in [4.78, 5) is 13.6. The van der Waals surface area contributed by atoms with Gasteiger partial charge in [-0.3, -0.25) is 15.1 Å². The van der Waals surface area contributed by atoms with Crippen LogP contribution in [0.5, 0.6) is 0 Å². The minimum absolute atomic E-state index is 0.194. The molecule has 1 aliphatic heterocycles. The summed E-state index contributed by atoms with van der Waals surface area (Å²) in [5.41, 5.74) is 2.64. The Bertz CT molecular complexity index is 938. The number of rotatable bonds is 4. The van der Waals surface area contributed by atoms with Crippen LogP contribution in [-0.4, -0.2) is 22.6 Å². The van der Waals surface area contributed by atoms with Gasteiger partial charge in [0.1, 0.15) is 0 Å². The number of hydrazone groups is 1. The lowest BCUT2D eigenvalue weighted by Crippen LogP contribution is -2.33. The van der Waals surface area contributed by atoms with Crippen LogP contribution in [0.4, 0.5) is 0 Å². The van der Waals surface area contributed by atoms with Gasteiger partial charge in [-0.1, -0.05) is 67.9 Å². The molecule has 0 saturated carbocycles. The Hall–Kier alpha value is -1.83. The van der Waals surface area contributed by atoms with Crippen LogP contribution in [0.25, 0.3) is 5.70 Å². The summed E-state index contributed by atoms with van der Waals surface area (Å²) in [6.45, 7) is 6.39. The number of amides is 1. The van der Waals surface area contributed by atoms with Crippen molar-refractivity contribution in [2.75, 3.05) is 6.54 Å². The smallest absolute Gasteiger partial charge is 0.257 e. The van der Waals surface area contributed by atoms with Crippen molar-refractivity contribution in [1.82, 2.24) is 10.3 Å². The van der Waals surface area contributed by atoms with Crippen LogP contribution in [0.3, 0.4) is 0 Å². The Morgan fingerprint density at radius 2 is 1.96 bits per heavy atom. The number of carbonyl (C=O) groups is 1. The first-order valence-electron chi connectivity index (χ1n) is 8.16. The Labute approximate surface area is 179 Å². The standard InChI is InChI=1S/C20H17Br2N3OS/c1-3-11-25-18(14-7-9-16(21)10-8-14)13(2)27-20(24-25)23-19(26)15-5-4-6-17(22)12-15/h3-10,12H,1,11H2,2H3,(H,23,24,26). The number of carbonyl (C=O) groups excluding carboxylic acids is 1. The fourth-order valence-corrected chi connectivity index (χ4v) is 4.18. The number of thioether (sulfide) groups is 1. The fourth-order valence-electron chi connectivity index (χ4n) is 2.62. The van der Waals surface area contributed by atoms with E-state index in [9.17, 15) is 4.79 Å². The molecule has 1 heterocycles. The molecule has 0 saturated heterocycles. The Morgan fingerprint density at radius 1 is 1.22 bits per heavy atom. The van der Waals surface area contributed by atoms with E-state index < -0.39 is 0 Å². The zero-order valence-corrected chi connectivity index (χ0v) is 18.6. The molecule has 0 aliphatic carbocycles. The molecular weight excluding hydrogens is 490 g/mol. The third kappa shape index (κ3) is 4.91. The summed E-state index contributed by atoms with van der Waals surface area (Å²) in [6.07, 6.45) is 1.79. The molecule has 1 amide bonds. The average Bonchev–Trinajstić information content (AvgIpc) is 2.63. The van der Waals surface area contributed by atoms with Gasteiger partial charge < -0.3 is 0 Å². The van der Waals surface area contributed by atoms with Crippen LogP contribution in [0.1, 0.15) is 22.8 Å². The maximum atomic E-state index is 12.5. The molecule has 0 unspecified atom stereocenters. The zero-order valence-electron chi connectivity index (χ0n) is 14.6. The number of hydrogen-bond donors (Lipinski definition) is 1. The summed E-state index contributed by atoms with van der Waals surface area (Å²) in [7, 11) is 0. The van der Waals surface area contributed by atoms with Gasteiger partial charge in [0.15, 0.2) is 5.17 Å². The summed E-state index contributed by atoms with van der Waals surface area (Å²) >= 11 is 8.30. The van der Waals surface area contributed by atoms with Crippen molar-refractivity contribution in [2.45, 2.75) is 6.92 Å². The van der Waals surface area contributed by atoms with Crippen LogP contribution in [0, 0.1) is 0 Å². The van der Waals surface area contributed by atoms with Gasteiger partial charge in [0.05, 0.1) is 12.2 Å². The second kappa shape index (κ2) is 8.91. The van der Waals surface area contributed by atoms with Crippen LogP contribution in [-0.2, 0) is 0 Å². The SMILES string of the molecule is C=CCN1N=C(NC(=O)c2cccc(Br)c2)SC(C)=C1c1ccc(Br)cc1.